The molecule has 258 valence electrons. The first-order valence-electron chi connectivity index (χ1n) is 19.7. The quantitative estimate of drug-likeness (QED) is 0.0619. The maximum absolute atomic E-state index is 12.3. The molecule has 0 rings (SSSR count). The molecule has 0 saturated carbocycles. The lowest BCUT2D eigenvalue weighted by Crippen LogP contribution is -2.45. The van der Waals surface area contributed by atoms with Crippen LogP contribution in [0.25, 0.3) is 0 Å². The van der Waals surface area contributed by atoms with E-state index in [9.17, 15) is 15.0 Å². The summed E-state index contributed by atoms with van der Waals surface area (Å²) in [7, 11) is 0. The molecular weight excluding hydrogens is 530 g/mol. The van der Waals surface area contributed by atoms with E-state index >= 15 is 0 Å². The lowest BCUT2D eigenvalue weighted by atomic mass is 10.0. The molecule has 4 nitrogen and oxygen atoms in total. The summed E-state index contributed by atoms with van der Waals surface area (Å²) in [5.74, 6) is -0.0280. The van der Waals surface area contributed by atoms with Crippen molar-refractivity contribution in [2.45, 2.75) is 238 Å². The molecule has 0 bridgehead atoms. The van der Waals surface area contributed by atoms with Crippen molar-refractivity contribution >= 4 is 5.91 Å². The Balaban J connectivity index is 3.48. The Hall–Kier alpha value is -0.610. The monoisotopic (exact) mass is 610 g/mol. The molecule has 0 aromatic carbocycles. The highest BCUT2D eigenvalue weighted by atomic mass is 16.3. The van der Waals surface area contributed by atoms with Crippen molar-refractivity contribution in [3.8, 4) is 0 Å². The van der Waals surface area contributed by atoms with Gasteiger partial charge in [0.25, 0.3) is 0 Å². The molecule has 4 heteroatoms. The molecule has 0 aromatic heterocycles. The smallest absolute Gasteiger partial charge is 0.220 e. The van der Waals surface area contributed by atoms with E-state index in [0.29, 0.717) is 12.8 Å². The Morgan fingerprint density at radius 1 is 0.465 bits per heavy atom. The summed E-state index contributed by atoms with van der Waals surface area (Å²) in [4.78, 5) is 12.3. The van der Waals surface area contributed by atoms with Gasteiger partial charge in [-0.25, -0.2) is 0 Å². The van der Waals surface area contributed by atoms with Crippen molar-refractivity contribution in [1.82, 2.24) is 5.32 Å². The maximum atomic E-state index is 12.3. The highest BCUT2D eigenvalue weighted by Crippen LogP contribution is 2.16. The van der Waals surface area contributed by atoms with E-state index in [1.54, 1.807) is 0 Å². The highest BCUT2D eigenvalue weighted by Gasteiger charge is 2.19. The van der Waals surface area contributed by atoms with Gasteiger partial charge in [-0.3, -0.25) is 4.79 Å². The number of unbranched alkanes of at least 4 members (excludes halogenated alkanes) is 29. The van der Waals surface area contributed by atoms with Crippen LogP contribution in [-0.2, 0) is 4.79 Å². The van der Waals surface area contributed by atoms with Gasteiger partial charge < -0.3 is 15.5 Å². The van der Waals surface area contributed by atoms with Crippen molar-refractivity contribution in [2.24, 2.45) is 0 Å². The van der Waals surface area contributed by atoms with Gasteiger partial charge in [0, 0.05) is 6.42 Å². The second-order valence-electron chi connectivity index (χ2n) is 13.7. The highest BCUT2D eigenvalue weighted by molar-refractivity contribution is 5.76. The Labute approximate surface area is 270 Å². The van der Waals surface area contributed by atoms with E-state index in [0.717, 1.165) is 25.7 Å². The van der Waals surface area contributed by atoms with Gasteiger partial charge in [-0.1, -0.05) is 206 Å². The number of hydrogen-bond acceptors (Lipinski definition) is 3. The summed E-state index contributed by atoms with van der Waals surface area (Å²) in [5.41, 5.74) is 0. The lowest BCUT2D eigenvalue weighted by Gasteiger charge is -2.22. The van der Waals surface area contributed by atoms with Crippen molar-refractivity contribution < 1.29 is 15.0 Å². The zero-order valence-electron chi connectivity index (χ0n) is 29.5. The molecule has 0 aromatic rings. The van der Waals surface area contributed by atoms with Gasteiger partial charge in [-0.05, 0) is 12.8 Å². The number of nitrogens with one attached hydrogen (secondary N) is 1. The van der Waals surface area contributed by atoms with Crippen LogP contribution < -0.4 is 5.32 Å². The molecule has 0 fully saturated rings. The van der Waals surface area contributed by atoms with Gasteiger partial charge in [-0.2, -0.15) is 0 Å². The standard InChI is InChI=1S/C39H79NO3/c1-3-5-7-9-11-13-15-17-18-19-20-21-22-23-25-27-29-31-33-35-39(43)40-37(36-41)38(42)34-32-30-28-26-24-16-14-12-10-8-6-4-2/h37-38,41-42H,3-36H2,1-2H3,(H,40,43). The summed E-state index contributed by atoms with van der Waals surface area (Å²) in [5, 5.41) is 23.1. The lowest BCUT2D eigenvalue weighted by molar-refractivity contribution is -0.123. The summed E-state index contributed by atoms with van der Waals surface area (Å²) in [6.07, 6.45) is 41.6. The normalized spacial score (nSPS) is 12.9. The molecule has 0 radical (unpaired) electrons. The van der Waals surface area contributed by atoms with Crippen LogP contribution in [0.1, 0.15) is 226 Å². The maximum Gasteiger partial charge on any atom is 0.220 e. The number of carbonyl (C=O) groups excluding carboxylic acids is 1. The zero-order chi connectivity index (χ0) is 31.5. The van der Waals surface area contributed by atoms with Crippen LogP contribution in [-0.4, -0.2) is 34.9 Å². The molecule has 0 aliphatic rings. The van der Waals surface area contributed by atoms with Crippen LogP contribution >= 0.6 is 0 Å². The van der Waals surface area contributed by atoms with E-state index in [2.05, 4.69) is 19.2 Å². The number of hydrogen-bond donors (Lipinski definition) is 3. The molecule has 3 N–H and O–H groups in total. The molecule has 2 unspecified atom stereocenters. The first-order valence-corrected chi connectivity index (χ1v) is 19.7. The minimum absolute atomic E-state index is 0.0280. The summed E-state index contributed by atoms with van der Waals surface area (Å²) >= 11 is 0. The second-order valence-corrected chi connectivity index (χ2v) is 13.7. The number of carbonyl (C=O) groups is 1. The van der Waals surface area contributed by atoms with Crippen LogP contribution in [0.3, 0.4) is 0 Å². The van der Waals surface area contributed by atoms with Crippen molar-refractivity contribution in [3.63, 3.8) is 0 Å². The first kappa shape index (κ1) is 42.4. The van der Waals surface area contributed by atoms with Gasteiger partial charge in [0.15, 0.2) is 0 Å². The molecule has 1 amide bonds. The largest absolute Gasteiger partial charge is 0.394 e. The fraction of sp³-hybridized carbons (Fsp3) is 0.974. The Bertz CT molecular complexity index is 541. The SMILES string of the molecule is CCCCCCCCCCCCCCCCCCCCCC(=O)NC(CO)C(O)CCCCCCCCCCCCCC. The van der Waals surface area contributed by atoms with Crippen LogP contribution in [0.5, 0.6) is 0 Å². The summed E-state index contributed by atoms with van der Waals surface area (Å²) in [6, 6.07) is -0.527. The number of rotatable bonds is 36. The van der Waals surface area contributed by atoms with Crippen LogP contribution in [0.15, 0.2) is 0 Å². The van der Waals surface area contributed by atoms with E-state index in [4.69, 9.17) is 0 Å². The molecule has 0 aliphatic carbocycles. The molecule has 0 aliphatic heterocycles. The van der Waals surface area contributed by atoms with Gasteiger partial charge in [-0.15, -0.1) is 0 Å². The van der Waals surface area contributed by atoms with Crippen molar-refractivity contribution in [1.29, 1.82) is 0 Å². The Kier molecular flexibility index (Phi) is 35.4. The van der Waals surface area contributed by atoms with E-state index < -0.39 is 12.1 Å². The van der Waals surface area contributed by atoms with E-state index in [1.807, 2.05) is 0 Å². The third-order valence-electron chi connectivity index (χ3n) is 9.37. The molecule has 43 heavy (non-hydrogen) atoms. The molecule has 0 spiro atoms. The minimum Gasteiger partial charge on any atom is -0.394 e. The van der Waals surface area contributed by atoms with Crippen LogP contribution in [0, 0.1) is 0 Å². The summed E-state index contributed by atoms with van der Waals surface area (Å²) in [6.45, 7) is 4.36. The number of aliphatic hydroxyl groups excluding tert-OH is 2. The van der Waals surface area contributed by atoms with Crippen LogP contribution in [0.2, 0.25) is 0 Å². The van der Waals surface area contributed by atoms with Crippen molar-refractivity contribution in [2.75, 3.05) is 6.61 Å². The van der Waals surface area contributed by atoms with E-state index in [-0.39, 0.29) is 12.5 Å². The van der Waals surface area contributed by atoms with Gasteiger partial charge in [0.1, 0.15) is 0 Å². The van der Waals surface area contributed by atoms with Gasteiger partial charge in [0.2, 0.25) is 5.91 Å². The van der Waals surface area contributed by atoms with Crippen molar-refractivity contribution in [3.05, 3.63) is 0 Å². The average molecular weight is 610 g/mol. The minimum atomic E-state index is -0.651. The predicted molar refractivity (Wildman–Crippen MR) is 189 cm³/mol. The third-order valence-corrected chi connectivity index (χ3v) is 9.37. The summed E-state index contributed by atoms with van der Waals surface area (Å²) < 4.78 is 0. The zero-order valence-corrected chi connectivity index (χ0v) is 29.5. The number of aliphatic hydroxyl groups is 2. The molecule has 0 heterocycles. The third kappa shape index (κ3) is 32.6. The molecular formula is C39H79NO3. The fourth-order valence-electron chi connectivity index (χ4n) is 6.30. The van der Waals surface area contributed by atoms with Crippen LogP contribution in [0.4, 0.5) is 0 Å². The molecule has 0 saturated heterocycles. The second kappa shape index (κ2) is 35.9. The van der Waals surface area contributed by atoms with Gasteiger partial charge in [0.05, 0.1) is 18.8 Å². The fourth-order valence-corrected chi connectivity index (χ4v) is 6.30. The Morgan fingerprint density at radius 3 is 1.05 bits per heavy atom. The van der Waals surface area contributed by atoms with Gasteiger partial charge >= 0.3 is 0 Å². The molecule has 2 atom stereocenters. The van der Waals surface area contributed by atoms with E-state index in [1.165, 1.54) is 173 Å². The average Bonchev–Trinajstić information content (AvgIpc) is 3.01. The predicted octanol–water partition coefficient (Wildman–Crippen LogP) is 11.7. The first-order chi connectivity index (χ1) is 21.2. The number of amides is 1. The Morgan fingerprint density at radius 2 is 0.744 bits per heavy atom. The topological polar surface area (TPSA) is 69.6 Å².